The molecule has 5 nitrogen and oxygen atoms in total. The molecule has 0 amide bonds. The van der Waals surface area contributed by atoms with Gasteiger partial charge in [0.25, 0.3) is 0 Å². The minimum absolute atomic E-state index is 0.352. The van der Waals surface area contributed by atoms with Crippen molar-refractivity contribution in [2.75, 3.05) is 0 Å². The SMILES string of the molecule is c1cc(-c2ccc3c(c2)OB2c4ccccc4Oc4cc(-c5cc(-n6c7ccccc7c7ccccc76)cc6c5oc5ccccc56)cc-3c42)cc(-c2ccc3oc4ccccc4c3c2)c1. The molecule has 0 radical (unpaired) electrons. The Morgan fingerprint density at radius 3 is 1.77 bits per heavy atom. The lowest BCUT2D eigenvalue weighted by Gasteiger charge is -2.33. The molecular weight excluding hydrogens is 809 g/mol. The van der Waals surface area contributed by atoms with Gasteiger partial charge >= 0.3 is 6.92 Å². The lowest BCUT2D eigenvalue weighted by molar-refractivity contribution is 0.479. The maximum Gasteiger partial charge on any atom is 0.434 e. The first-order chi connectivity index (χ1) is 32.7. The summed E-state index contributed by atoms with van der Waals surface area (Å²) in [6.45, 7) is -0.352. The summed E-state index contributed by atoms with van der Waals surface area (Å²) in [4.78, 5) is 0. The summed E-state index contributed by atoms with van der Waals surface area (Å²) in [5.41, 5.74) is 17.4. The molecule has 0 N–H and O–H groups in total. The average Bonchev–Trinajstić information content (AvgIpc) is 4.05. The first-order valence-corrected chi connectivity index (χ1v) is 22.4. The van der Waals surface area contributed by atoms with Crippen molar-refractivity contribution >= 4 is 83.5 Å². The highest BCUT2D eigenvalue weighted by atomic mass is 16.5. The zero-order valence-corrected chi connectivity index (χ0v) is 35.3. The zero-order chi connectivity index (χ0) is 43.0. The number of benzene rings is 10. The van der Waals surface area contributed by atoms with Gasteiger partial charge in [0.05, 0.1) is 11.0 Å². The van der Waals surface area contributed by atoms with E-state index < -0.39 is 0 Å². The number of hydrogen-bond acceptors (Lipinski definition) is 4. The van der Waals surface area contributed by atoms with E-state index in [0.29, 0.717) is 0 Å². The predicted octanol–water partition coefficient (Wildman–Crippen LogP) is 14.9. The van der Waals surface area contributed by atoms with Crippen LogP contribution in [-0.2, 0) is 0 Å². The third-order valence-electron chi connectivity index (χ3n) is 13.9. The van der Waals surface area contributed by atoms with Crippen LogP contribution in [0, 0.1) is 0 Å². The molecule has 0 saturated carbocycles. The van der Waals surface area contributed by atoms with Crippen LogP contribution in [0.25, 0.3) is 116 Å². The molecule has 0 unspecified atom stereocenters. The third-order valence-corrected chi connectivity index (χ3v) is 13.9. The molecule has 306 valence electrons. The molecule has 0 fully saturated rings. The van der Waals surface area contributed by atoms with E-state index in [-0.39, 0.29) is 6.92 Å². The van der Waals surface area contributed by atoms with Crippen LogP contribution in [0.4, 0.5) is 0 Å². The second kappa shape index (κ2) is 13.4. The van der Waals surface area contributed by atoms with E-state index in [1.165, 1.54) is 10.8 Å². The summed E-state index contributed by atoms with van der Waals surface area (Å²) >= 11 is 0. The number of aromatic nitrogens is 1. The standard InChI is InChI=1S/C60H34BNO4/c1-6-19-51-41(14-1)42-15-2-7-20-52(42)62(51)40-33-46(60-49(34-40)44-17-4-9-22-54(44)65-60)39-30-48-45-26-24-38(31-57(45)66-61-50-18-5-10-23-56(50)64-58(32-39)59(48)61)36-13-11-12-35(28-36)37-25-27-55-47(29-37)43-16-3-8-21-53(43)63-55/h1-34H. The van der Waals surface area contributed by atoms with E-state index in [0.717, 1.165) is 133 Å². The quantitative estimate of drug-likeness (QED) is 0.166. The molecule has 13 aromatic rings. The van der Waals surface area contributed by atoms with Gasteiger partial charge in [-0.1, -0.05) is 127 Å². The summed E-state index contributed by atoms with van der Waals surface area (Å²) < 4.78 is 29.3. The van der Waals surface area contributed by atoms with Gasteiger partial charge in [-0.05, 0) is 112 Å². The molecule has 0 spiro atoms. The van der Waals surface area contributed by atoms with E-state index in [2.05, 4.69) is 180 Å². The Labute approximate surface area is 378 Å². The number of para-hydroxylation sites is 5. The summed E-state index contributed by atoms with van der Waals surface area (Å²) in [6.07, 6.45) is 0. The number of rotatable bonds is 4. The molecule has 66 heavy (non-hydrogen) atoms. The van der Waals surface area contributed by atoms with Crippen LogP contribution in [0.15, 0.2) is 215 Å². The molecule has 15 rings (SSSR count). The molecule has 0 bridgehead atoms. The topological polar surface area (TPSA) is 49.7 Å². The lowest BCUT2D eigenvalue weighted by atomic mass is 9.50. The Morgan fingerprint density at radius 1 is 0.348 bits per heavy atom. The maximum atomic E-state index is 7.12. The fourth-order valence-corrected chi connectivity index (χ4v) is 10.8. The number of fused-ring (bicyclic) bond motifs is 13. The van der Waals surface area contributed by atoms with E-state index in [9.17, 15) is 0 Å². The van der Waals surface area contributed by atoms with Gasteiger partial charge in [0.2, 0.25) is 0 Å². The van der Waals surface area contributed by atoms with Gasteiger partial charge in [0.1, 0.15) is 39.6 Å². The number of furan rings is 2. The fourth-order valence-electron chi connectivity index (χ4n) is 10.8. The van der Waals surface area contributed by atoms with Gasteiger partial charge in [-0.25, -0.2) is 0 Å². The van der Waals surface area contributed by atoms with Crippen molar-refractivity contribution in [3.8, 4) is 67.4 Å². The molecule has 0 atom stereocenters. The average molecular weight is 844 g/mol. The van der Waals surface area contributed by atoms with E-state index in [1.54, 1.807) is 0 Å². The van der Waals surface area contributed by atoms with Crippen LogP contribution < -0.4 is 20.3 Å². The van der Waals surface area contributed by atoms with Crippen molar-refractivity contribution in [1.82, 2.24) is 4.57 Å². The molecule has 10 aromatic carbocycles. The summed E-state index contributed by atoms with van der Waals surface area (Å²) in [6, 6.07) is 73.0. The van der Waals surface area contributed by atoms with Crippen molar-refractivity contribution in [1.29, 1.82) is 0 Å². The van der Waals surface area contributed by atoms with Crippen molar-refractivity contribution in [2.24, 2.45) is 0 Å². The lowest BCUT2D eigenvalue weighted by Crippen LogP contribution is -2.53. The summed E-state index contributed by atoms with van der Waals surface area (Å²) in [5.74, 6) is 2.40. The normalized spacial score (nSPS) is 12.8. The summed E-state index contributed by atoms with van der Waals surface area (Å²) in [5, 5.41) is 6.81. The molecule has 0 saturated heterocycles. The smallest absolute Gasteiger partial charge is 0.434 e. The number of ether oxygens (including phenoxy) is 1. The van der Waals surface area contributed by atoms with E-state index in [1.807, 2.05) is 30.3 Å². The van der Waals surface area contributed by atoms with E-state index >= 15 is 0 Å². The fraction of sp³-hybridized carbons (Fsp3) is 0. The monoisotopic (exact) mass is 843 g/mol. The molecule has 0 aliphatic carbocycles. The van der Waals surface area contributed by atoms with Gasteiger partial charge in [-0.15, -0.1) is 0 Å². The van der Waals surface area contributed by atoms with E-state index in [4.69, 9.17) is 18.2 Å². The molecule has 5 heterocycles. The van der Waals surface area contributed by atoms with Crippen LogP contribution in [0.3, 0.4) is 0 Å². The number of nitrogens with zero attached hydrogens (tertiary/aromatic N) is 1. The third kappa shape index (κ3) is 5.12. The molecular formula is C60H34BNO4. The minimum Gasteiger partial charge on any atom is -0.551 e. The molecule has 2 aliphatic heterocycles. The van der Waals surface area contributed by atoms with Gasteiger partial charge in [-0.2, -0.15) is 0 Å². The van der Waals surface area contributed by atoms with Gasteiger partial charge < -0.3 is 22.8 Å². The van der Waals surface area contributed by atoms with Crippen LogP contribution in [0.5, 0.6) is 17.2 Å². The van der Waals surface area contributed by atoms with Crippen molar-refractivity contribution in [3.05, 3.63) is 206 Å². The van der Waals surface area contributed by atoms with Crippen LogP contribution in [0.2, 0.25) is 0 Å². The minimum atomic E-state index is -0.352. The first-order valence-electron chi connectivity index (χ1n) is 22.4. The van der Waals surface area contributed by atoms with Crippen molar-refractivity contribution in [2.45, 2.75) is 0 Å². The Morgan fingerprint density at radius 2 is 0.970 bits per heavy atom. The van der Waals surface area contributed by atoms with Gasteiger partial charge in [-0.3, -0.25) is 0 Å². The maximum absolute atomic E-state index is 7.12. The molecule has 3 aromatic heterocycles. The predicted molar refractivity (Wildman–Crippen MR) is 269 cm³/mol. The van der Waals surface area contributed by atoms with Crippen molar-refractivity contribution < 1.29 is 18.2 Å². The largest absolute Gasteiger partial charge is 0.551 e. The van der Waals surface area contributed by atoms with Gasteiger partial charge in [0.15, 0.2) is 0 Å². The van der Waals surface area contributed by atoms with Crippen LogP contribution in [0.1, 0.15) is 0 Å². The Bertz CT molecular complexity index is 4160. The van der Waals surface area contributed by atoms with Crippen LogP contribution >= 0.6 is 0 Å². The highest BCUT2D eigenvalue weighted by Gasteiger charge is 2.41. The summed E-state index contributed by atoms with van der Waals surface area (Å²) in [7, 11) is 0. The highest BCUT2D eigenvalue weighted by Crippen LogP contribution is 2.46. The Hall–Kier alpha value is -8.74. The second-order valence-electron chi connectivity index (χ2n) is 17.5. The Kier molecular flexibility index (Phi) is 7.24. The molecule has 6 heteroatoms. The van der Waals surface area contributed by atoms with Crippen molar-refractivity contribution in [3.63, 3.8) is 0 Å². The highest BCUT2D eigenvalue weighted by molar-refractivity contribution is 6.84. The van der Waals surface area contributed by atoms with Crippen LogP contribution in [-0.4, -0.2) is 11.5 Å². The second-order valence-corrected chi connectivity index (χ2v) is 17.5. The van der Waals surface area contributed by atoms with Gasteiger partial charge in [0, 0.05) is 60.1 Å². The molecule has 2 aliphatic rings. The first kappa shape index (κ1) is 35.7. The zero-order valence-electron chi connectivity index (χ0n) is 35.3. The Balaban J connectivity index is 0.919. The number of hydrogen-bond donors (Lipinski definition) is 0.